The van der Waals surface area contributed by atoms with E-state index in [-0.39, 0.29) is 16.3 Å². The van der Waals surface area contributed by atoms with Gasteiger partial charge in [-0.15, -0.1) is 0 Å². The van der Waals surface area contributed by atoms with E-state index in [4.69, 9.17) is 0 Å². The maximum atomic E-state index is 13.0. The summed E-state index contributed by atoms with van der Waals surface area (Å²) in [7, 11) is -3.51. The average molecular weight is 434 g/mol. The van der Waals surface area contributed by atoms with Crippen molar-refractivity contribution in [3.05, 3.63) is 29.8 Å². The summed E-state index contributed by atoms with van der Waals surface area (Å²) in [6.07, 6.45) is 11.6. The molecule has 0 unspecified atom stereocenters. The molecule has 1 amide bonds. The van der Waals surface area contributed by atoms with Gasteiger partial charge in [-0.3, -0.25) is 9.69 Å². The van der Waals surface area contributed by atoms with Gasteiger partial charge in [-0.25, -0.2) is 8.42 Å². The highest BCUT2D eigenvalue weighted by Gasteiger charge is 2.38. The Morgan fingerprint density at radius 1 is 0.900 bits per heavy atom. The zero-order valence-electron chi connectivity index (χ0n) is 17.9. The Hall–Kier alpha value is -1.44. The molecule has 30 heavy (non-hydrogen) atoms. The number of sulfonamides is 1. The van der Waals surface area contributed by atoms with Crippen molar-refractivity contribution in [3.63, 3.8) is 0 Å². The lowest BCUT2D eigenvalue weighted by Crippen LogP contribution is -2.58. The molecule has 1 aromatic rings. The van der Waals surface area contributed by atoms with Gasteiger partial charge in [-0.1, -0.05) is 31.7 Å². The third-order valence-electron chi connectivity index (χ3n) is 7.19. The van der Waals surface area contributed by atoms with Gasteiger partial charge in [0.05, 0.1) is 4.90 Å². The van der Waals surface area contributed by atoms with E-state index in [1.807, 2.05) is 0 Å². The Labute approximate surface area is 181 Å². The van der Waals surface area contributed by atoms with Crippen LogP contribution in [0.25, 0.3) is 0 Å². The zero-order chi connectivity index (χ0) is 21.0. The van der Waals surface area contributed by atoms with E-state index in [0.717, 1.165) is 38.8 Å². The number of nitrogens with zero attached hydrogens (tertiary/aromatic N) is 2. The molecule has 4 rings (SSSR count). The molecule has 0 aromatic heterocycles. The first-order valence-electron chi connectivity index (χ1n) is 11.6. The van der Waals surface area contributed by atoms with Crippen LogP contribution in [0.4, 0.5) is 0 Å². The monoisotopic (exact) mass is 433 g/mol. The second-order valence-electron chi connectivity index (χ2n) is 9.15. The van der Waals surface area contributed by atoms with Crippen LogP contribution >= 0.6 is 0 Å². The third-order valence-corrected chi connectivity index (χ3v) is 9.08. The van der Waals surface area contributed by atoms with E-state index in [1.54, 1.807) is 18.2 Å². The van der Waals surface area contributed by atoms with Gasteiger partial charge in [0.2, 0.25) is 10.0 Å². The maximum Gasteiger partial charge on any atom is 0.251 e. The molecule has 0 atom stereocenters. The molecule has 0 radical (unpaired) electrons. The van der Waals surface area contributed by atoms with Gasteiger partial charge in [0.1, 0.15) is 0 Å². The van der Waals surface area contributed by atoms with Gasteiger partial charge in [0.15, 0.2) is 0 Å². The minimum Gasteiger partial charge on any atom is -0.350 e. The van der Waals surface area contributed by atoms with Crippen LogP contribution < -0.4 is 5.32 Å². The second kappa shape index (κ2) is 9.37. The topological polar surface area (TPSA) is 69.7 Å². The van der Waals surface area contributed by atoms with Crippen LogP contribution in [0.3, 0.4) is 0 Å². The van der Waals surface area contributed by atoms with Gasteiger partial charge in [0, 0.05) is 30.7 Å². The van der Waals surface area contributed by atoms with Crippen molar-refractivity contribution in [1.82, 2.24) is 14.5 Å². The summed E-state index contributed by atoms with van der Waals surface area (Å²) in [6.45, 7) is 4.03. The summed E-state index contributed by atoms with van der Waals surface area (Å²) in [4.78, 5) is 15.8. The minimum absolute atomic E-state index is 0.0631. The lowest BCUT2D eigenvalue weighted by molar-refractivity contribution is 0.0326. The number of amides is 1. The number of rotatable bonds is 6. The van der Waals surface area contributed by atoms with Gasteiger partial charge in [-0.05, 0) is 69.8 Å². The second-order valence-corrected chi connectivity index (χ2v) is 11.1. The minimum atomic E-state index is -3.51. The summed E-state index contributed by atoms with van der Waals surface area (Å²) in [5, 5.41) is 3.17. The number of carbonyl (C=O) groups excluding carboxylic acids is 1. The van der Waals surface area contributed by atoms with Crippen LogP contribution in [-0.4, -0.2) is 61.8 Å². The van der Waals surface area contributed by atoms with Crippen LogP contribution in [0, 0.1) is 0 Å². The molecular formula is C23H35N3O3S. The SMILES string of the molecule is O=C(NCC1(N2CCCCC2)CCCCC1)c1cccc(S(=O)(=O)N2CCCC2)c1. The highest BCUT2D eigenvalue weighted by atomic mass is 32.2. The molecule has 1 aromatic carbocycles. The van der Waals surface area contributed by atoms with Gasteiger partial charge >= 0.3 is 0 Å². The van der Waals surface area contributed by atoms with Crippen molar-refractivity contribution in [3.8, 4) is 0 Å². The predicted octanol–water partition coefficient (Wildman–Crippen LogP) is 3.39. The average Bonchev–Trinajstić information content (AvgIpc) is 3.35. The summed E-state index contributed by atoms with van der Waals surface area (Å²) in [5.41, 5.74) is 0.494. The predicted molar refractivity (Wildman–Crippen MR) is 118 cm³/mol. The third kappa shape index (κ3) is 4.58. The largest absolute Gasteiger partial charge is 0.350 e. The molecule has 6 nitrogen and oxygen atoms in total. The summed E-state index contributed by atoms with van der Waals surface area (Å²) >= 11 is 0. The molecule has 7 heteroatoms. The Morgan fingerprint density at radius 2 is 1.53 bits per heavy atom. The molecule has 166 valence electrons. The molecule has 0 spiro atoms. The molecule has 3 fully saturated rings. The molecule has 0 bridgehead atoms. The fourth-order valence-corrected chi connectivity index (χ4v) is 6.97. The lowest BCUT2D eigenvalue weighted by Gasteiger charge is -2.48. The van der Waals surface area contributed by atoms with E-state index in [0.29, 0.717) is 25.2 Å². The normalized spacial score (nSPS) is 23.3. The molecular weight excluding hydrogens is 398 g/mol. The number of carbonyl (C=O) groups is 1. The van der Waals surface area contributed by atoms with Gasteiger partial charge in [-0.2, -0.15) is 4.31 Å². The van der Waals surface area contributed by atoms with Crippen molar-refractivity contribution < 1.29 is 13.2 Å². The zero-order valence-corrected chi connectivity index (χ0v) is 18.8. The summed E-state index contributed by atoms with van der Waals surface area (Å²) in [5.74, 6) is -0.171. The molecule has 2 aliphatic heterocycles. The van der Waals surface area contributed by atoms with Gasteiger partial charge in [0.25, 0.3) is 5.91 Å². The Balaban J connectivity index is 1.46. The molecule has 2 saturated heterocycles. The Bertz CT molecular complexity index is 837. The van der Waals surface area contributed by atoms with Crippen molar-refractivity contribution in [2.75, 3.05) is 32.7 Å². The number of piperidine rings is 1. The Morgan fingerprint density at radius 3 is 2.23 bits per heavy atom. The molecule has 2 heterocycles. The first kappa shape index (κ1) is 21.8. The summed E-state index contributed by atoms with van der Waals surface area (Å²) < 4.78 is 27.2. The van der Waals surface area contributed by atoms with Crippen LogP contribution in [0.5, 0.6) is 0 Å². The highest BCUT2D eigenvalue weighted by molar-refractivity contribution is 7.89. The lowest BCUT2D eigenvalue weighted by atomic mass is 9.79. The smallest absolute Gasteiger partial charge is 0.251 e. The van der Waals surface area contributed by atoms with E-state index in [9.17, 15) is 13.2 Å². The van der Waals surface area contributed by atoms with Gasteiger partial charge < -0.3 is 5.32 Å². The number of hydrogen-bond donors (Lipinski definition) is 1. The molecule has 1 aliphatic carbocycles. The Kier molecular flexibility index (Phi) is 6.80. The van der Waals surface area contributed by atoms with E-state index >= 15 is 0 Å². The van der Waals surface area contributed by atoms with Crippen molar-refractivity contribution in [2.24, 2.45) is 0 Å². The standard InChI is InChI=1S/C23H35N3O3S/c27-22(20-10-9-11-21(18-20)30(28,29)26-16-7-8-17-26)24-19-23(12-3-1-4-13-23)25-14-5-2-6-15-25/h9-11,18H,1-8,12-17,19H2,(H,24,27). The fourth-order valence-electron chi connectivity index (χ4n) is 5.41. The van der Waals surface area contributed by atoms with Crippen molar-refractivity contribution in [1.29, 1.82) is 0 Å². The first-order chi connectivity index (χ1) is 14.5. The summed E-state index contributed by atoms with van der Waals surface area (Å²) in [6, 6.07) is 6.53. The maximum absolute atomic E-state index is 13.0. The van der Waals surface area contributed by atoms with E-state index < -0.39 is 10.0 Å². The number of hydrogen-bond acceptors (Lipinski definition) is 4. The molecule has 1 saturated carbocycles. The number of benzene rings is 1. The number of nitrogens with one attached hydrogen (secondary N) is 1. The fraction of sp³-hybridized carbons (Fsp3) is 0.696. The van der Waals surface area contributed by atoms with Crippen molar-refractivity contribution >= 4 is 15.9 Å². The first-order valence-corrected chi connectivity index (χ1v) is 13.1. The van der Waals surface area contributed by atoms with E-state index in [1.165, 1.54) is 48.9 Å². The number of likely N-dealkylation sites (tertiary alicyclic amines) is 1. The van der Waals surface area contributed by atoms with Crippen LogP contribution in [-0.2, 0) is 10.0 Å². The van der Waals surface area contributed by atoms with Crippen LogP contribution in [0.15, 0.2) is 29.2 Å². The van der Waals surface area contributed by atoms with Crippen LogP contribution in [0.2, 0.25) is 0 Å². The quantitative estimate of drug-likeness (QED) is 0.747. The molecule has 3 aliphatic rings. The van der Waals surface area contributed by atoms with Crippen molar-refractivity contribution in [2.45, 2.75) is 74.6 Å². The van der Waals surface area contributed by atoms with E-state index in [2.05, 4.69) is 10.2 Å². The molecule has 1 N–H and O–H groups in total. The highest BCUT2D eigenvalue weighted by Crippen LogP contribution is 2.35. The van der Waals surface area contributed by atoms with Crippen LogP contribution in [0.1, 0.15) is 74.6 Å².